The van der Waals surface area contributed by atoms with Crippen molar-refractivity contribution in [2.45, 2.75) is 0 Å². The molecule has 1 radical (unpaired) electrons. The van der Waals surface area contributed by atoms with Crippen molar-refractivity contribution < 1.29 is 1.43 Å². The quantitative estimate of drug-likeness (QED) is 0.334. The molecular formula is C5H4ClN+. The van der Waals surface area contributed by atoms with Gasteiger partial charge in [-0.05, 0) is 12.2 Å². The van der Waals surface area contributed by atoms with Gasteiger partial charge in [0.2, 0.25) is 0 Å². The Morgan fingerprint density at radius 2 is 2.71 bits per heavy atom. The first-order valence-corrected chi connectivity index (χ1v) is 2.25. The van der Waals surface area contributed by atoms with Crippen LogP contribution in [0.4, 0.5) is 0 Å². The third-order valence-corrected chi connectivity index (χ3v) is 0.803. The number of nitrogens with zero attached hydrogens (tertiary/aromatic N) is 1. The predicted octanol–water partition coefficient (Wildman–Crippen LogP) is 1.47. The highest BCUT2D eigenvalue weighted by Gasteiger charge is 1.86. The van der Waals surface area contributed by atoms with Gasteiger partial charge in [0.25, 0.3) is 0 Å². The SMILES string of the molecule is ClC1=CC=C=C[N]1.[H+]. The third-order valence-electron chi connectivity index (χ3n) is 0.580. The summed E-state index contributed by atoms with van der Waals surface area (Å²) >= 11 is 5.41. The normalized spacial score (nSPS) is 15.9. The van der Waals surface area contributed by atoms with E-state index in [1.54, 1.807) is 12.2 Å². The number of allylic oxidation sites excluding steroid dienone is 2. The van der Waals surface area contributed by atoms with Gasteiger partial charge in [0.1, 0.15) is 5.16 Å². The molecule has 0 saturated heterocycles. The average molecular weight is 114 g/mol. The molecule has 0 aromatic carbocycles. The van der Waals surface area contributed by atoms with Crippen molar-refractivity contribution in [3.8, 4) is 0 Å². The molecule has 0 aromatic rings. The summed E-state index contributed by atoms with van der Waals surface area (Å²) in [4.78, 5) is 0. The fourth-order valence-corrected chi connectivity index (χ4v) is 0.414. The Morgan fingerprint density at radius 1 is 1.86 bits per heavy atom. The molecule has 0 bridgehead atoms. The summed E-state index contributed by atoms with van der Waals surface area (Å²) in [6.45, 7) is 0. The first kappa shape index (κ1) is 4.51. The van der Waals surface area contributed by atoms with E-state index >= 15 is 0 Å². The highest BCUT2D eigenvalue weighted by molar-refractivity contribution is 6.29. The van der Waals surface area contributed by atoms with Gasteiger partial charge in [0, 0.05) is 0 Å². The van der Waals surface area contributed by atoms with E-state index in [1.807, 2.05) is 0 Å². The molecule has 0 saturated carbocycles. The molecule has 0 fully saturated rings. The van der Waals surface area contributed by atoms with E-state index in [-0.39, 0.29) is 1.43 Å². The lowest BCUT2D eigenvalue weighted by Gasteiger charge is -1.90. The molecule has 0 unspecified atom stereocenters. The molecular weight excluding hydrogens is 110 g/mol. The lowest BCUT2D eigenvalue weighted by atomic mass is 10.5. The van der Waals surface area contributed by atoms with Gasteiger partial charge < -0.3 is 0 Å². The van der Waals surface area contributed by atoms with Crippen LogP contribution in [0.2, 0.25) is 0 Å². The molecule has 1 heterocycles. The average Bonchev–Trinajstić information content (AvgIpc) is 1.69. The Morgan fingerprint density at radius 3 is 3.00 bits per heavy atom. The lowest BCUT2D eigenvalue weighted by molar-refractivity contribution is 1.13. The van der Waals surface area contributed by atoms with Crippen LogP contribution < -0.4 is 5.32 Å². The predicted molar refractivity (Wildman–Crippen MR) is 29.8 cm³/mol. The monoisotopic (exact) mass is 113 g/mol. The highest BCUT2D eigenvalue weighted by Crippen LogP contribution is 1.99. The Labute approximate surface area is 48.5 Å². The zero-order chi connectivity index (χ0) is 5.11. The van der Waals surface area contributed by atoms with Gasteiger partial charge in [-0.15, -0.1) is 5.73 Å². The zero-order valence-electron chi connectivity index (χ0n) is 4.56. The minimum Gasteiger partial charge on any atom is -0.236 e. The van der Waals surface area contributed by atoms with Crippen LogP contribution in [0.3, 0.4) is 0 Å². The fraction of sp³-hybridized carbons (Fsp3) is 0. The van der Waals surface area contributed by atoms with E-state index in [0.29, 0.717) is 5.16 Å². The Kier molecular flexibility index (Phi) is 1.21. The molecule has 1 aliphatic heterocycles. The summed E-state index contributed by atoms with van der Waals surface area (Å²) in [6.07, 6.45) is 4.93. The van der Waals surface area contributed by atoms with Crippen LogP contribution in [0, 0.1) is 0 Å². The van der Waals surface area contributed by atoms with Gasteiger partial charge in [-0.3, -0.25) is 0 Å². The van der Waals surface area contributed by atoms with Crippen LogP contribution in [0.25, 0.3) is 0 Å². The van der Waals surface area contributed by atoms with Crippen molar-refractivity contribution in [3.63, 3.8) is 0 Å². The third kappa shape index (κ3) is 1.11. The number of halogens is 1. The van der Waals surface area contributed by atoms with Crippen molar-refractivity contribution in [3.05, 3.63) is 29.2 Å². The molecule has 0 atom stereocenters. The van der Waals surface area contributed by atoms with Crippen molar-refractivity contribution in [2.75, 3.05) is 0 Å². The van der Waals surface area contributed by atoms with E-state index in [4.69, 9.17) is 11.6 Å². The summed E-state index contributed by atoms with van der Waals surface area (Å²) in [6, 6.07) is 0. The Bertz CT molecular complexity index is 156. The Hall–Kier alpha value is -0.650. The highest BCUT2D eigenvalue weighted by atomic mass is 35.5. The van der Waals surface area contributed by atoms with Crippen molar-refractivity contribution >= 4 is 11.6 Å². The van der Waals surface area contributed by atoms with E-state index in [1.165, 1.54) is 6.20 Å². The topological polar surface area (TPSA) is 14.1 Å². The lowest BCUT2D eigenvalue weighted by Crippen LogP contribution is -1.88. The molecule has 7 heavy (non-hydrogen) atoms. The van der Waals surface area contributed by atoms with Crippen LogP contribution in [-0.4, -0.2) is 0 Å². The molecule has 0 N–H and O–H groups in total. The zero-order valence-corrected chi connectivity index (χ0v) is 4.31. The summed E-state index contributed by atoms with van der Waals surface area (Å²) in [5.41, 5.74) is 2.74. The Balaban J connectivity index is 0.000000490. The second kappa shape index (κ2) is 1.87. The van der Waals surface area contributed by atoms with Crippen molar-refractivity contribution in [2.24, 2.45) is 0 Å². The minimum absolute atomic E-state index is 0. The maximum atomic E-state index is 5.41. The van der Waals surface area contributed by atoms with Gasteiger partial charge in [0.05, 0.1) is 6.20 Å². The van der Waals surface area contributed by atoms with Crippen LogP contribution in [-0.2, 0) is 0 Å². The number of hydrogen-bond acceptors (Lipinski definition) is 0. The number of rotatable bonds is 0. The van der Waals surface area contributed by atoms with Crippen LogP contribution in [0.1, 0.15) is 1.43 Å². The van der Waals surface area contributed by atoms with Crippen LogP contribution in [0.15, 0.2) is 29.2 Å². The number of hydrogen-bond donors (Lipinski definition) is 0. The molecule has 1 aliphatic rings. The van der Waals surface area contributed by atoms with Crippen LogP contribution >= 0.6 is 11.6 Å². The van der Waals surface area contributed by atoms with E-state index in [2.05, 4.69) is 11.0 Å². The first-order chi connectivity index (χ1) is 3.39. The second-order valence-corrected chi connectivity index (χ2v) is 1.47. The van der Waals surface area contributed by atoms with Gasteiger partial charge in [-0.2, -0.15) is 0 Å². The van der Waals surface area contributed by atoms with Crippen molar-refractivity contribution in [1.29, 1.82) is 0 Å². The minimum atomic E-state index is 0. The summed E-state index contributed by atoms with van der Waals surface area (Å²) in [5.74, 6) is 0. The molecule has 1 nitrogen and oxygen atoms in total. The standard InChI is InChI=1S/C5H3ClN/c6-5-3-1-2-4-7-5/h1,3-4H/p+1. The van der Waals surface area contributed by atoms with Crippen LogP contribution in [0.5, 0.6) is 0 Å². The fourth-order valence-electron chi connectivity index (χ4n) is 0.302. The van der Waals surface area contributed by atoms with Gasteiger partial charge in [-0.25, -0.2) is 5.32 Å². The van der Waals surface area contributed by atoms with Gasteiger partial charge in [0.15, 0.2) is 0 Å². The summed E-state index contributed by atoms with van der Waals surface area (Å²) in [7, 11) is 0. The molecule has 2 heteroatoms. The summed E-state index contributed by atoms with van der Waals surface area (Å²) in [5, 5.41) is 4.20. The maximum Gasteiger partial charge on any atom is 1.00 e. The smallest absolute Gasteiger partial charge is 0.236 e. The van der Waals surface area contributed by atoms with E-state index in [9.17, 15) is 0 Å². The van der Waals surface area contributed by atoms with Gasteiger partial charge in [-0.1, -0.05) is 11.6 Å². The molecule has 0 amide bonds. The van der Waals surface area contributed by atoms with Gasteiger partial charge >= 0.3 is 1.43 Å². The first-order valence-electron chi connectivity index (χ1n) is 1.87. The molecule has 1 rings (SSSR count). The van der Waals surface area contributed by atoms with E-state index < -0.39 is 0 Å². The molecule has 35 valence electrons. The van der Waals surface area contributed by atoms with Crippen molar-refractivity contribution in [1.82, 2.24) is 5.32 Å². The molecule has 0 spiro atoms. The maximum absolute atomic E-state index is 5.41. The largest absolute Gasteiger partial charge is 1.00 e. The van der Waals surface area contributed by atoms with E-state index in [0.717, 1.165) is 0 Å². The molecule has 0 aromatic heterocycles. The molecule has 0 aliphatic carbocycles. The summed E-state index contributed by atoms with van der Waals surface area (Å²) < 4.78 is 0. The second-order valence-electron chi connectivity index (χ2n) is 1.08.